The van der Waals surface area contributed by atoms with E-state index in [0.29, 0.717) is 15.0 Å². The van der Waals surface area contributed by atoms with E-state index in [9.17, 15) is 4.57 Å². The molecule has 0 amide bonds. The molecule has 2 aromatic carbocycles. The maximum Gasteiger partial charge on any atom is 0.374 e. The Morgan fingerprint density at radius 2 is 1.80 bits per heavy atom. The first-order valence-electron chi connectivity index (χ1n) is 5.74. The van der Waals surface area contributed by atoms with Gasteiger partial charge >= 0.3 is 6.72 Å². The molecule has 0 saturated carbocycles. The monoisotopic (exact) mass is 388 g/mol. The first-order chi connectivity index (χ1) is 9.49. The zero-order chi connectivity index (χ0) is 14.3. The van der Waals surface area contributed by atoms with Crippen molar-refractivity contribution in [1.29, 1.82) is 0 Å². The van der Waals surface area contributed by atoms with E-state index >= 15 is 0 Å². The maximum atomic E-state index is 12.4. The molecular formula is C14H8BrCl2O2P. The highest BCUT2D eigenvalue weighted by Gasteiger charge is 2.36. The second-order valence-corrected chi connectivity index (χ2v) is 9.01. The number of hydrogen-bond acceptors (Lipinski definition) is 2. The van der Waals surface area contributed by atoms with Gasteiger partial charge in [-0.1, -0.05) is 41.9 Å². The van der Waals surface area contributed by atoms with E-state index in [1.165, 1.54) is 0 Å². The molecule has 1 atom stereocenters. The molecule has 0 aliphatic carbocycles. The lowest BCUT2D eigenvalue weighted by molar-refractivity contribution is 0.504. The van der Waals surface area contributed by atoms with E-state index in [-0.39, 0.29) is 0 Å². The van der Waals surface area contributed by atoms with Gasteiger partial charge in [0.25, 0.3) is 0 Å². The van der Waals surface area contributed by atoms with Crippen molar-refractivity contribution in [3.8, 4) is 5.75 Å². The van der Waals surface area contributed by atoms with E-state index in [2.05, 4.69) is 15.9 Å². The summed E-state index contributed by atoms with van der Waals surface area (Å²) in [5.74, 6) is 0.467. The molecule has 2 aromatic rings. The molecular weight excluding hydrogens is 382 g/mol. The van der Waals surface area contributed by atoms with Crippen molar-refractivity contribution in [2.45, 2.75) is 0 Å². The van der Waals surface area contributed by atoms with Crippen LogP contribution in [0.25, 0.3) is 5.57 Å². The summed E-state index contributed by atoms with van der Waals surface area (Å²) in [6.07, 6.45) is 0. The van der Waals surface area contributed by atoms with Gasteiger partial charge in [-0.05, 0) is 50.9 Å². The minimum absolute atomic E-state index is 0.354. The zero-order valence-electron chi connectivity index (χ0n) is 10.0. The van der Waals surface area contributed by atoms with Crippen LogP contribution in [0.5, 0.6) is 5.75 Å². The third-order valence-corrected chi connectivity index (χ3v) is 7.41. The van der Waals surface area contributed by atoms with Crippen molar-refractivity contribution in [2.24, 2.45) is 0 Å². The Balaban J connectivity index is 2.33. The largest absolute Gasteiger partial charge is 0.429 e. The molecule has 1 heterocycles. The average Bonchev–Trinajstić information content (AvgIpc) is 2.42. The summed E-state index contributed by atoms with van der Waals surface area (Å²) in [6.45, 7) is -3.42. The highest BCUT2D eigenvalue weighted by atomic mass is 79.9. The zero-order valence-corrected chi connectivity index (χ0v) is 14.0. The van der Waals surface area contributed by atoms with Crippen molar-refractivity contribution in [3.05, 3.63) is 68.9 Å². The lowest BCUT2D eigenvalue weighted by Crippen LogP contribution is -2.02. The molecule has 0 aromatic heterocycles. The van der Waals surface area contributed by atoms with E-state index in [4.69, 9.17) is 27.4 Å². The number of rotatable bonds is 1. The van der Waals surface area contributed by atoms with Gasteiger partial charge in [0.2, 0.25) is 0 Å². The Hall–Kier alpha value is -0.730. The topological polar surface area (TPSA) is 26.3 Å². The smallest absolute Gasteiger partial charge is 0.374 e. The fourth-order valence-electron chi connectivity index (χ4n) is 2.07. The minimum atomic E-state index is -3.42. The molecule has 3 rings (SSSR count). The lowest BCUT2D eigenvalue weighted by Gasteiger charge is -2.25. The van der Waals surface area contributed by atoms with Gasteiger partial charge in [-0.25, -0.2) is 0 Å². The Morgan fingerprint density at radius 1 is 1.10 bits per heavy atom. The molecule has 0 saturated heterocycles. The van der Waals surface area contributed by atoms with Crippen LogP contribution in [-0.4, -0.2) is 0 Å². The molecule has 0 spiro atoms. The Kier molecular flexibility index (Phi) is 3.72. The molecule has 1 unspecified atom stereocenters. The number of hydrogen-bond donors (Lipinski definition) is 0. The first kappa shape index (κ1) is 14.2. The molecule has 0 fully saturated rings. The van der Waals surface area contributed by atoms with Crippen LogP contribution in [0.3, 0.4) is 0 Å². The van der Waals surface area contributed by atoms with E-state index in [1.54, 1.807) is 18.2 Å². The highest BCUT2D eigenvalue weighted by molar-refractivity contribution is 9.13. The normalized spacial score (nSPS) is 21.4. The van der Waals surface area contributed by atoms with E-state index in [1.807, 2.05) is 30.3 Å². The summed E-state index contributed by atoms with van der Waals surface area (Å²) in [4.78, 5) is 0. The highest BCUT2D eigenvalue weighted by Crippen LogP contribution is 2.68. The second-order valence-electron chi connectivity index (χ2n) is 4.24. The number of halogens is 3. The van der Waals surface area contributed by atoms with Gasteiger partial charge in [0.15, 0.2) is 0 Å². The van der Waals surface area contributed by atoms with Crippen LogP contribution in [-0.2, 0) is 4.57 Å². The maximum absolute atomic E-state index is 12.4. The molecule has 102 valence electrons. The predicted molar refractivity (Wildman–Crippen MR) is 86.9 cm³/mol. The molecule has 1 aliphatic rings. The number of benzene rings is 2. The van der Waals surface area contributed by atoms with Crippen LogP contribution < -0.4 is 4.52 Å². The van der Waals surface area contributed by atoms with Crippen molar-refractivity contribution in [2.75, 3.05) is 0 Å². The van der Waals surface area contributed by atoms with Crippen molar-refractivity contribution in [1.82, 2.24) is 0 Å². The van der Waals surface area contributed by atoms with Gasteiger partial charge in [-0.3, -0.25) is 4.57 Å². The SMILES string of the molecule is O=P1(Cl)Oc2ccc(Cl)cc2C(c2ccccc2)=C1Br. The van der Waals surface area contributed by atoms with Crippen molar-refractivity contribution >= 4 is 51.1 Å². The van der Waals surface area contributed by atoms with Gasteiger partial charge in [-0.2, -0.15) is 0 Å². The van der Waals surface area contributed by atoms with Crippen LogP contribution in [0.2, 0.25) is 5.02 Å². The van der Waals surface area contributed by atoms with Gasteiger partial charge in [0.1, 0.15) is 9.97 Å². The lowest BCUT2D eigenvalue weighted by atomic mass is 9.99. The Bertz CT molecular complexity index is 759. The Labute approximate surface area is 134 Å². The van der Waals surface area contributed by atoms with Crippen LogP contribution in [0.1, 0.15) is 11.1 Å². The average molecular weight is 390 g/mol. The van der Waals surface area contributed by atoms with Crippen molar-refractivity contribution < 1.29 is 9.09 Å². The van der Waals surface area contributed by atoms with Gasteiger partial charge < -0.3 is 4.52 Å². The second kappa shape index (κ2) is 5.23. The Morgan fingerprint density at radius 3 is 2.50 bits per heavy atom. The predicted octanol–water partition coefficient (Wildman–Crippen LogP) is 6.28. The third kappa shape index (κ3) is 2.44. The molecule has 0 N–H and O–H groups in total. The van der Waals surface area contributed by atoms with E-state index < -0.39 is 6.72 Å². The fourth-order valence-corrected chi connectivity index (χ4v) is 4.39. The minimum Gasteiger partial charge on any atom is -0.429 e. The molecule has 2 nitrogen and oxygen atoms in total. The molecule has 0 bridgehead atoms. The van der Waals surface area contributed by atoms with E-state index in [0.717, 1.165) is 16.7 Å². The van der Waals surface area contributed by atoms with Crippen LogP contribution >= 0.6 is 45.5 Å². The van der Waals surface area contributed by atoms with Crippen LogP contribution in [0.15, 0.2) is 52.8 Å². The summed E-state index contributed by atoms with van der Waals surface area (Å²) in [7, 11) is 0. The quantitative estimate of drug-likeness (QED) is 0.536. The van der Waals surface area contributed by atoms with Crippen LogP contribution in [0, 0.1) is 0 Å². The van der Waals surface area contributed by atoms with Gasteiger partial charge in [-0.15, -0.1) is 0 Å². The molecule has 20 heavy (non-hydrogen) atoms. The van der Waals surface area contributed by atoms with Gasteiger partial charge in [0, 0.05) is 16.2 Å². The van der Waals surface area contributed by atoms with Crippen LogP contribution in [0.4, 0.5) is 0 Å². The standard InChI is InChI=1S/C14H8BrCl2O2P/c15-14-13(9-4-2-1-3-5-9)11-8-10(16)6-7-12(11)19-20(14,17)18/h1-8H. The van der Waals surface area contributed by atoms with Crippen molar-refractivity contribution in [3.63, 3.8) is 0 Å². The summed E-state index contributed by atoms with van der Waals surface area (Å²) in [6, 6.07) is 14.7. The van der Waals surface area contributed by atoms with Gasteiger partial charge in [0.05, 0.1) is 0 Å². The molecule has 1 aliphatic heterocycles. The third-order valence-electron chi connectivity index (χ3n) is 2.93. The summed E-state index contributed by atoms with van der Waals surface area (Å²) in [5.41, 5.74) is 2.41. The summed E-state index contributed by atoms with van der Waals surface area (Å²) in [5, 5.41) is 0.576. The molecule has 6 heteroatoms. The fraction of sp³-hybridized carbons (Fsp3) is 0. The number of fused-ring (bicyclic) bond motifs is 1. The molecule has 0 radical (unpaired) electrons. The summed E-state index contributed by atoms with van der Waals surface area (Å²) >= 11 is 15.4. The summed E-state index contributed by atoms with van der Waals surface area (Å²) < 4.78 is 18.2. The first-order valence-corrected chi connectivity index (χ1v) is 9.44.